The maximum Gasteiger partial charge on any atom is 0.290 e. The number of aromatic nitrogens is 1. The molecular formula is C25H29N4O3+. The van der Waals surface area contributed by atoms with Crippen molar-refractivity contribution in [3.05, 3.63) is 89.7 Å². The molecule has 0 radical (unpaired) electrons. The van der Waals surface area contributed by atoms with Crippen molar-refractivity contribution in [2.24, 2.45) is 0 Å². The molecular weight excluding hydrogens is 404 g/mol. The summed E-state index contributed by atoms with van der Waals surface area (Å²) in [4.78, 5) is 24.6. The molecule has 0 spiro atoms. The molecule has 0 aliphatic carbocycles. The number of carbonyl (C=O) groups is 2. The Balaban J connectivity index is 1.48. The molecule has 1 heterocycles. The van der Waals surface area contributed by atoms with Crippen LogP contribution in [-0.2, 0) is 24.4 Å². The number of pyridine rings is 1. The first-order chi connectivity index (χ1) is 15.6. The first-order valence-electron chi connectivity index (χ1n) is 10.7. The van der Waals surface area contributed by atoms with Gasteiger partial charge in [0.2, 0.25) is 6.54 Å². The standard InChI is InChI=1S/C25H28N4O3/c1-2-3-6-19-13-15-29(16-14-19)17-24(31)26-21-9-11-22(12-10-21)27-28-25(32)23-8-5-4-7-20(23)18-30/h4-5,7-16,27,30H,2-3,6,17-18H2,1H3,(H-,26,28,31,32)/p+1. The van der Waals surface area contributed by atoms with Crippen molar-refractivity contribution in [1.29, 1.82) is 0 Å². The lowest BCUT2D eigenvalue weighted by Crippen LogP contribution is -2.39. The SMILES string of the molecule is CCCCc1cc[n+](CC(=O)Nc2ccc(NNC(=O)c3ccccc3CO)cc2)cc1. The van der Waals surface area contributed by atoms with Gasteiger partial charge in [-0.3, -0.25) is 20.4 Å². The third-order valence-corrected chi connectivity index (χ3v) is 5.03. The monoisotopic (exact) mass is 433 g/mol. The highest BCUT2D eigenvalue weighted by Gasteiger charge is 2.11. The zero-order valence-corrected chi connectivity index (χ0v) is 18.2. The Morgan fingerprint density at radius 2 is 1.62 bits per heavy atom. The van der Waals surface area contributed by atoms with Crippen LogP contribution in [0.2, 0.25) is 0 Å². The van der Waals surface area contributed by atoms with Gasteiger partial charge in [-0.2, -0.15) is 4.57 Å². The van der Waals surface area contributed by atoms with E-state index >= 15 is 0 Å². The summed E-state index contributed by atoms with van der Waals surface area (Å²) < 4.78 is 1.85. The molecule has 0 unspecified atom stereocenters. The van der Waals surface area contributed by atoms with Gasteiger partial charge in [0.05, 0.1) is 12.3 Å². The minimum Gasteiger partial charge on any atom is -0.392 e. The summed E-state index contributed by atoms with van der Waals surface area (Å²) in [5.41, 5.74) is 9.01. The first-order valence-corrected chi connectivity index (χ1v) is 10.7. The summed E-state index contributed by atoms with van der Waals surface area (Å²) in [5, 5.41) is 12.2. The van der Waals surface area contributed by atoms with Gasteiger partial charge in [-0.25, -0.2) is 0 Å². The van der Waals surface area contributed by atoms with Gasteiger partial charge in [0.25, 0.3) is 11.8 Å². The summed E-state index contributed by atoms with van der Waals surface area (Å²) in [6.45, 7) is 2.19. The third kappa shape index (κ3) is 6.65. The number of aryl methyl sites for hydroxylation is 1. The van der Waals surface area contributed by atoms with E-state index in [1.54, 1.807) is 48.5 Å². The van der Waals surface area contributed by atoms with Crippen molar-refractivity contribution >= 4 is 23.2 Å². The van der Waals surface area contributed by atoms with Crippen LogP contribution in [0.4, 0.5) is 11.4 Å². The van der Waals surface area contributed by atoms with E-state index in [0.717, 1.165) is 19.3 Å². The number of rotatable bonds is 10. The highest BCUT2D eigenvalue weighted by atomic mass is 16.3. The lowest BCUT2D eigenvalue weighted by atomic mass is 10.1. The van der Waals surface area contributed by atoms with Crippen LogP contribution < -0.4 is 20.7 Å². The molecule has 1 aromatic heterocycles. The number of nitrogens with zero attached hydrogens (tertiary/aromatic N) is 1. The predicted molar refractivity (Wildman–Crippen MR) is 124 cm³/mol. The van der Waals surface area contributed by atoms with Crippen LogP contribution in [-0.4, -0.2) is 16.9 Å². The largest absolute Gasteiger partial charge is 0.392 e. The highest BCUT2D eigenvalue weighted by molar-refractivity contribution is 5.96. The second-order valence-corrected chi connectivity index (χ2v) is 7.50. The van der Waals surface area contributed by atoms with Gasteiger partial charge >= 0.3 is 0 Å². The van der Waals surface area contributed by atoms with E-state index in [4.69, 9.17) is 0 Å². The predicted octanol–water partition coefficient (Wildman–Crippen LogP) is 3.20. The summed E-state index contributed by atoms with van der Waals surface area (Å²) >= 11 is 0. The summed E-state index contributed by atoms with van der Waals surface area (Å²) in [6, 6.07) is 18.0. The van der Waals surface area contributed by atoms with E-state index < -0.39 is 0 Å². The smallest absolute Gasteiger partial charge is 0.290 e. The van der Waals surface area contributed by atoms with Crippen LogP contribution in [0, 0.1) is 0 Å². The van der Waals surface area contributed by atoms with E-state index in [1.807, 2.05) is 17.0 Å². The minimum atomic E-state index is -0.343. The van der Waals surface area contributed by atoms with Gasteiger partial charge in [0.15, 0.2) is 12.4 Å². The van der Waals surface area contributed by atoms with E-state index in [9.17, 15) is 14.7 Å². The first kappa shape index (κ1) is 23.0. The Morgan fingerprint density at radius 3 is 2.31 bits per heavy atom. The Kier molecular flexibility index (Phi) is 8.34. The summed E-state index contributed by atoms with van der Waals surface area (Å²) in [7, 11) is 0. The molecule has 4 N–H and O–H groups in total. The Labute approximate surface area is 188 Å². The lowest BCUT2D eigenvalue weighted by Gasteiger charge is -2.11. The zero-order valence-electron chi connectivity index (χ0n) is 18.2. The number of hydrogen-bond donors (Lipinski definition) is 4. The minimum absolute atomic E-state index is 0.120. The van der Waals surface area contributed by atoms with Gasteiger partial charge in [-0.05, 0) is 54.3 Å². The molecule has 0 fully saturated rings. The maximum atomic E-state index is 12.3. The summed E-state index contributed by atoms with van der Waals surface area (Å²) in [5.74, 6) is -0.462. The number of carbonyl (C=O) groups excluding carboxylic acids is 2. The van der Waals surface area contributed by atoms with Crippen molar-refractivity contribution in [1.82, 2.24) is 5.43 Å². The molecule has 2 amide bonds. The second kappa shape index (κ2) is 11.6. The number of anilines is 2. The topological polar surface area (TPSA) is 94.3 Å². The number of aliphatic hydroxyl groups is 1. The number of benzene rings is 2. The highest BCUT2D eigenvalue weighted by Crippen LogP contribution is 2.13. The Hall–Kier alpha value is -3.71. The molecule has 3 rings (SSSR count). The van der Waals surface area contributed by atoms with Gasteiger partial charge in [-0.1, -0.05) is 31.5 Å². The fourth-order valence-corrected chi connectivity index (χ4v) is 3.22. The quantitative estimate of drug-likeness (QED) is 0.292. The van der Waals surface area contributed by atoms with Crippen LogP contribution in [0.5, 0.6) is 0 Å². The molecule has 0 aliphatic heterocycles. The van der Waals surface area contributed by atoms with E-state index in [1.165, 1.54) is 5.56 Å². The van der Waals surface area contributed by atoms with Crippen LogP contribution >= 0.6 is 0 Å². The van der Waals surface area contributed by atoms with Crippen molar-refractivity contribution in [3.63, 3.8) is 0 Å². The summed E-state index contributed by atoms with van der Waals surface area (Å²) in [6.07, 6.45) is 7.23. The fraction of sp³-hybridized carbons (Fsp3) is 0.240. The molecule has 0 saturated heterocycles. The average molecular weight is 434 g/mol. The van der Waals surface area contributed by atoms with Crippen LogP contribution in [0.3, 0.4) is 0 Å². The zero-order chi connectivity index (χ0) is 22.8. The number of nitrogens with one attached hydrogen (secondary N) is 3. The lowest BCUT2D eigenvalue weighted by molar-refractivity contribution is -0.684. The molecule has 3 aromatic rings. The van der Waals surface area contributed by atoms with Crippen LogP contribution in [0.15, 0.2) is 73.1 Å². The molecule has 0 bridgehead atoms. The third-order valence-electron chi connectivity index (χ3n) is 5.03. The number of amides is 2. The number of aliphatic hydroxyl groups excluding tert-OH is 1. The van der Waals surface area contributed by atoms with E-state index in [0.29, 0.717) is 22.5 Å². The molecule has 0 saturated carbocycles. The number of hydrogen-bond acceptors (Lipinski definition) is 4. The molecule has 7 nitrogen and oxygen atoms in total. The maximum absolute atomic E-state index is 12.3. The van der Waals surface area contributed by atoms with Gasteiger partial charge in [0.1, 0.15) is 0 Å². The molecule has 166 valence electrons. The van der Waals surface area contributed by atoms with Crippen molar-refractivity contribution in [2.75, 3.05) is 10.7 Å². The Bertz CT molecular complexity index is 1030. The molecule has 0 atom stereocenters. The van der Waals surface area contributed by atoms with Gasteiger partial charge in [0, 0.05) is 23.4 Å². The van der Waals surface area contributed by atoms with Gasteiger partial charge in [-0.15, -0.1) is 0 Å². The van der Waals surface area contributed by atoms with Crippen molar-refractivity contribution in [3.8, 4) is 0 Å². The fourth-order valence-electron chi connectivity index (χ4n) is 3.22. The normalized spacial score (nSPS) is 10.4. The molecule has 0 aliphatic rings. The van der Waals surface area contributed by atoms with Crippen LogP contribution in [0.1, 0.15) is 41.3 Å². The van der Waals surface area contributed by atoms with Crippen molar-refractivity contribution in [2.45, 2.75) is 39.3 Å². The number of unbranched alkanes of at least 4 members (excludes halogenated alkanes) is 1. The van der Waals surface area contributed by atoms with E-state index in [-0.39, 0.29) is 25.0 Å². The molecule has 32 heavy (non-hydrogen) atoms. The molecule has 2 aromatic carbocycles. The van der Waals surface area contributed by atoms with Gasteiger partial charge < -0.3 is 10.4 Å². The average Bonchev–Trinajstić information content (AvgIpc) is 2.83. The van der Waals surface area contributed by atoms with Crippen LogP contribution in [0.25, 0.3) is 0 Å². The molecule has 7 heteroatoms. The van der Waals surface area contributed by atoms with E-state index in [2.05, 4.69) is 35.2 Å². The second-order valence-electron chi connectivity index (χ2n) is 7.50. The Morgan fingerprint density at radius 1 is 0.938 bits per heavy atom. The van der Waals surface area contributed by atoms with Crippen molar-refractivity contribution < 1.29 is 19.3 Å². The number of hydrazine groups is 1.